The first kappa shape index (κ1) is 41.7. The van der Waals surface area contributed by atoms with Gasteiger partial charge in [0.05, 0.1) is 13.0 Å². The molecule has 2 aromatic carbocycles. The first-order chi connectivity index (χ1) is 23.2. The lowest BCUT2D eigenvalue weighted by atomic mass is 10.0. The van der Waals surface area contributed by atoms with Crippen LogP contribution in [0.3, 0.4) is 0 Å². The number of unbranched alkanes of at least 4 members (excludes halogenated alkanes) is 6. The fraction of sp³-hybridized carbons (Fsp3) is 0.500. The van der Waals surface area contributed by atoms with Gasteiger partial charge in [-0.15, -0.1) is 0 Å². The number of aromatic amines is 1. The molecule has 276 valence electrons. The van der Waals surface area contributed by atoms with E-state index in [0.717, 1.165) is 49.4 Å². The molecule has 1 heterocycles. The van der Waals surface area contributed by atoms with E-state index in [1.165, 1.54) is 12.8 Å². The zero-order chi connectivity index (χ0) is 36.1. The molecule has 0 aliphatic rings. The zero-order valence-electron chi connectivity index (χ0n) is 28.1. The molecule has 3 aromatic rings. The Morgan fingerprint density at radius 1 is 0.900 bits per heavy atom. The highest BCUT2D eigenvalue weighted by atomic mass is 19.2. The van der Waals surface area contributed by atoms with Gasteiger partial charge in [-0.05, 0) is 38.8 Å². The van der Waals surface area contributed by atoms with Gasteiger partial charge in [0.1, 0.15) is 12.1 Å². The second kappa shape index (κ2) is 19.6. The molecule has 3 rings (SSSR count). The second-order valence-corrected chi connectivity index (χ2v) is 12.7. The number of carbonyl (C=O) groups is 3. The number of fused-ring (bicyclic) bond motifs is 1. The van der Waals surface area contributed by atoms with E-state index in [2.05, 4.69) is 32.3 Å². The number of para-hydroxylation sites is 1. The lowest BCUT2D eigenvalue weighted by Gasteiger charge is -2.24. The van der Waals surface area contributed by atoms with Gasteiger partial charge in [0.15, 0.2) is 6.40 Å². The lowest BCUT2D eigenvalue weighted by molar-refractivity contribution is -0.142. The smallest absolute Gasteiger partial charge is 0.334 e. The van der Waals surface area contributed by atoms with Crippen LogP contribution in [-0.2, 0) is 25.5 Å². The van der Waals surface area contributed by atoms with Crippen molar-refractivity contribution in [3.05, 3.63) is 65.1 Å². The van der Waals surface area contributed by atoms with Crippen molar-refractivity contribution in [2.24, 2.45) is 4.99 Å². The van der Waals surface area contributed by atoms with Gasteiger partial charge in [-0.1, -0.05) is 71.1 Å². The summed E-state index contributed by atoms with van der Waals surface area (Å²) in [6.07, 6.45) is 9.48. The number of nitrogens with one attached hydrogen (secondary N) is 3. The van der Waals surface area contributed by atoms with E-state index in [1.54, 1.807) is 27.0 Å². The summed E-state index contributed by atoms with van der Waals surface area (Å²) in [6, 6.07) is 4.15. The van der Waals surface area contributed by atoms with Crippen molar-refractivity contribution >= 4 is 35.1 Å². The molecule has 0 unspecified atom stereocenters. The van der Waals surface area contributed by atoms with E-state index in [1.807, 2.05) is 24.3 Å². The van der Waals surface area contributed by atoms with Crippen molar-refractivity contribution < 1.29 is 45.8 Å². The minimum absolute atomic E-state index is 0. The molecule has 1 aromatic heterocycles. The van der Waals surface area contributed by atoms with E-state index in [4.69, 9.17) is 4.74 Å². The van der Waals surface area contributed by atoms with Crippen LogP contribution in [0.4, 0.5) is 22.0 Å². The Kier molecular flexibility index (Phi) is 16.4. The standard InChI is InChI=1S/C35H43F5N4O5.CH4/c1-5-6-7-8-9-10-13-16-48-20-42-24(17-21-19-41-23-15-12-11-14-22(21)23)33(46)43-25(18-26(45)44-35(2,3)4)34(47)49-32-30(39)28(37)27(36)29(38)31(32)40;/h11-12,14-15,19-20,24-25,41H,5-10,13,16-18H2,1-4H3,(H,43,46)(H,44,45);1H4/t24-,25-;/m0./s1. The van der Waals surface area contributed by atoms with Crippen molar-refractivity contribution in [2.45, 2.75) is 111 Å². The van der Waals surface area contributed by atoms with Crippen molar-refractivity contribution in [1.82, 2.24) is 15.6 Å². The summed E-state index contributed by atoms with van der Waals surface area (Å²) >= 11 is 0. The Morgan fingerprint density at radius 3 is 2.14 bits per heavy atom. The molecule has 0 bridgehead atoms. The summed E-state index contributed by atoms with van der Waals surface area (Å²) in [6.45, 7) is 7.43. The molecule has 0 spiro atoms. The number of rotatable bonds is 18. The van der Waals surface area contributed by atoms with Crippen molar-refractivity contribution in [1.29, 1.82) is 0 Å². The number of nitrogens with zero attached hydrogens (tertiary/aromatic N) is 1. The number of esters is 1. The van der Waals surface area contributed by atoms with E-state index in [0.29, 0.717) is 12.2 Å². The van der Waals surface area contributed by atoms with E-state index in [9.17, 15) is 36.3 Å². The molecule has 50 heavy (non-hydrogen) atoms. The summed E-state index contributed by atoms with van der Waals surface area (Å²) in [5.41, 5.74) is 0.691. The molecule has 9 nitrogen and oxygen atoms in total. The number of benzene rings is 2. The maximum Gasteiger partial charge on any atom is 0.334 e. The minimum Gasteiger partial charge on any atom is -0.483 e. The van der Waals surface area contributed by atoms with Gasteiger partial charge in [-0.3, -0.25) is 9.59 Å². The van der Waals surface area contributed by atoms with Crippen LogP contribution < -0.4 is 15.4 Å². The predicted octanol–water partition coefficient (Wildman–Crippen LogP) is 7.60. The van der Waals surface area contributed by atoms with Gasteiger partial charge in [-0.25, -0.2) is 23.0 Å². The second-order valence-electron chi connectivity index (χ2n) is 12.7. The fourth-order valence-electron chi connectivity index (χ4n) is 5.00. The quantitative estimate of drug-likeness (QED) is 0.0184. The maximum atomic E-state index is 14.4. The molecule has 14 heteroatoms. The third kappa shape index (κ3) is 12.1. The Morgan fingerprint density at radius 2 is 1.50 bits per heavy atom. The highest BCUT2D eigenvalue weighted by Gasteiger charge is 2.34. The molecule has 0 aliphatic carbocycles. The van der Waals surface area contributed by atoms with E-state index >= 15 is 0 Å². The van der Waals surface area contributed by atoms with Crippen LogP contribution in [0, 0.1) is 29.1 Å². The van der Waals surface area contributed by atoms with Crippen LogP contribution in [-0.4, -0.2) is 53.4 Å². The highest BCUT2D eigenvalue weighted by Crippen LogP contribution is 2.29. The molecule has 0 saturated heterocycles. The summed E-state index contributed by atoms with van der Waals surface area (Å²) in [4.78, 5) is 47.0. The van der Waals surface area contributed by atoms with Crippen LogP contribution in [0.25, 0.3) is 10.9 Å². The summed E-state index contributed by atoms with van der Waals surface area (Å²) in [5.74, 6) is -17.1. The number of aromatic nitrogens is 1. The number of amides is 2. The average molecular weight is 711 g/mol. The minimum atomic E-state index is -2.45. The Bertz CT molecular complexity index is 1590. The molecule has 0 radical (unpaired) electrons. The van der Waals surface area contributed by atoms with Gasteiger partial charge < -0.3 is 25.1 Å². The Labute approximate surface area is 289 Å². The predicted molar refractivity (Wildman–Crippen MR) is 181 cm³/mol. The van der Waals surface area contributed by atoms with Crippen LogP contribution in [0.5, 0.6) is 5.75 Å². The molecule has 2 amide bonds. The number of halogens is 5. The third-order valence-electron chi connectivity index (χ3n) is 7.45. The first-order valence-corrected chi connectivity index (χ1v) is 16.3. The van der Waals surface area contributed by atoms with Gasteiger partial charge in [0.25, 0.3) is 0 Å². The molecule has 3 N–H and O–H groups in total. The number of hydrogen-bond acceptors (Lipinski definition) is 6. The number of aliphatic imine (C=N–C) groups is 1. The molecule has 0 aliphatic heterocycles. The van der Waals surface area contributed by atoms with Gasteiger partial charge in [0.2, 0.25) is 46.6 Å². The lowest BCUT2D eigenvalue weighted by Crippen LogP contribution is -2.51. The van der Waals surface area contributed by atoms with Crippen LogP contribution in [0.15, 0.2) is 35.5 Å². The van der Waals surface area contributed by atoms with Gasteiger partial charge in [-0.2, -0.15) is 8.78 Å². The van der Waals surface area contributed by atoms with E-state index < -0.39 is 76.7 Å². The fourth-order valence-corrected chi connectivity index (χ4v) is 5.00. The molecular formula is C36H47F5N4O5. The van der Waals surface area contributed by atoms with Crippen molar-refractivity contribution in [3.8, 4) is 5.75 Å². The SMILES string of the molecule is C.CCCCCCCCCOC=N[C@@H](Cc1c[nH]c2ccccc12)C(=O)N[C@@H](CC(=O)NC(C)(C)C)C(=O)Oc1c(F)c(F)c(F)c(F)c1F. The maximum absolute atomic E-state index is 14.4. The molecular weight excluding hydrogens is 663 g/mol. The monoisotopic (exact) mass is 710 g/mol. The highest BCUT2D eigenvalue weighted by molar-refractivity contribution is 5.93. The largest absolute Gasteiger partial charge is 0.483 e. The number of ether oxygens (including phenoxy) is 2. The average Bonchev–Trinajstić information content (AvgIpc) is 3.46. The number of hydrogen-bond donors (Lipinski definition) is 3. The normalized spacial score (nSPS) is 12.7. The number of H-pyrrole nitrogens is 1. The summed E-state index contributed by atoms with van der Waals surface area (Å²) in [5, 5.41) is 5.70. The van der Waals surface area contributed by atoms with Crippen molar-refractivity contribution in [2.75, 3.05) is 6.61 Å². The first-order valence-electron chi connectivity index (χ1n) is 16.3. The third-order valence-corrected chi connectivity index (χ3v) is 7.45. The molecule has 0 fully saturated rings. The molecule has 0 saturated carbocycles. The summed E-state index contributed by atoms with van der Waals surface area (Å²) < 4.78 is 80.1. The Balaban J connectivity index is 0.00000867. The topological polar surface area (TPSA) is 122 Å². The molecule has 2 atom stereocenters. The number of carbonyl (C=O) groups excluding carboxylic acids is 3. The Hall–Kier alpha value is -4.49. The van der Waals surface area contributed by atoms with Gasteiger partial charge >= 0.3 is 5.97 Å². The van der Waals surface area contributed by atoms with Gasteiger partial charge in [0, 0.05) is 29.1 Å². The van der Waals surface area contributed by atoms with Crippen LogP contribution >= 0.6 is 0 Å². The van der Waals surface area contributed by atoms with Crippen molar-refractivity contribution in [3.63, 3.8) is 0 Å². The summed E-state index contributed by atoms with van der Waals surface area (Å²) in [7, 11) is 0. The van der Waals surface area contributed by atoms with Crippen LogP contribution in [0.2, 0.25) is 0 Å². The van der Waals surface area contributed by atoms with Crippen LogP contribution in [0.1, 0.15) is 92.1 Å². The van der Waals surface area contributed by atoms with E-state index in [-0.39, 0.29) is 13.8 Å². The zero-order valence-corrected chi connectivity index (χ0v) is 28.1.